The molecular weight excluding hydrogens is 398 g/mol. The van der Waals surface area contributed by atoms with Gasteiger partial charge in [0.1, 0.15) is 5.69 Å². The van der Waals surface area contributed by atoms with E-state index in [2.05, 4.69) is 49.2 Å². The van der Waals surface area contributed by atoms with Crippen LogP contribution in [0.2, 0.25) is 18.1 Å². The van der Waals surface area contributed by atoms with Gasteiger partial charge in [-0.1, -0.05) is 26.0 Å². The van der Waals surface area contributed by atoms with Crippen LogP contribution in [-0.2, 0) is 15.7 Å². The number of nitrogens with zero attached hydrogens (tertiary/aromatic N) is 5. The minimum Gasteiger partial charge on any atom is -0.450 e. The lowest BCUT2D eigenvalue weighted by molar-refractivity contribution is 0.0953. The Balaban J connectivity index is 1.74. The molecule has 1 aliphatic rings. The summed E-state index contributed by atoms with van der Waals surface area (Å²) in [6, 6.07) is 3.77. The van der Waals surface area contributed by atoms with Gasteiger partial charge in [0.2, 0.25) is 0 Å². The molecule has 0 aromatic carbocycles. The fourth-order valence-corrected chi connectivity index (χ4v) is 4.76. The number of carbonyl (C=O) groups is 1. The third-order valence-corrected chi connectivity index (χ3v) is 10.6. The zero-order valence-electron chi connectivity index (χ0n) is 18.8. The molecular formula is C21H33N5O3Si. The molecule has 3 rings (SSSR count). The minimum atomic E-state index is -1.93. The number of carbonyl (C=O) groups excluding carboxylic acids is 1. The SMILES string of the molecule is CCOC(=O)N1C[C@H](O[Si](C)(C)C(C)(C)C)C[C@@H]1Cn1cc(-c2cccnc2)nn1. The Morgan fingerprint density at radius 1 is 1.33 bits per heavy atom. The van der Waals surface area contributed by atoms with Crippen LogP contribution >= 0.6 is 0 Å². The van der Waals surface area contributed by atoms with Crippen molar-refractivity contribution >= 4 is 14.4 Å². The van der Waals surface area contributed by atoms with Crippen molar-refractivity contribution in [2.24, 2.45) is 0 Å². The molecule has 0 bridgehead atoms. The highest BCUT2D eigenvalue weighted by molar-refractivity contribution is 6.74. The summed E-state index contributed by atoms with van der Waals surface area (Å²) in [6.07, 6.45) is 5.85. The summed E-state index contributed by atoms with van der Waals surface area (Å²) in [5.74, 6) is 0. The van der Waals surface area contributed by atoms with Gasteiger partial charge in [0.15, 0.2) is 8.32 Å². The number of likely N-dealkylation sites (tertiary alicyclic amines) is 1. The van der Waals surface area contributed by atoms with E-state index in [0.29, 0.717) is 19.7 Å². The third-order valence-electron chi connectivity index (χ3n) is 6.04. The Kier molecular flexibility index (Phi) is 6.61. The van der Waals surface area contributed by atoms with Crippen molar-refractivity contribution in [1.29, 1.82) is 0 Å². The van der Waals surface area contributed by atoms with Crippen LogP contribution in [0.15, 0.2) is 30.7 Å². The summed E-state index contributed by atoms with van der Waals surface area (Å²) in [6.45, 7) is 14.4. The molecule has 1 amide bonds. The molecule has 1 aliphatic heterocycles. The second-order valence-electron chi connectivity index (χ2n) is 9.31. The van der Waals surface area contributed by atoms with Gasteiger partial charge in [0.05, 0.1) is 31.5 Å². The van der Waals surface area contributed by atoms with Gasteiger partial charge in [0.25, 0.3) is 0 Å². The van der Waals surface area contributed by atoms with Gasteiger partial charge in [-0.15, -0.1) is 5.10 Å². The maximum absolute atomic E-state index is 12.6. The second-order valence-corrected chi connectivity index (χ2v) is 14.1. The van der Waals surface area contributed by atoms with Crippen molar-refractivity contribution in [3.05, 3.63) is 30.7 Å². The molecule has 0 spiro atoms. The van der Waals surface area contributed by atoms with Crippen LogP contribution in [0.25, 0.3) is 11.3 Å². The lowest BCUT2D eigenvalue weighted by atomic mass is 10.2. The van der Waals surface area contributed by atoms with E-state index in [0.717, 1.165) is 17.7 Å². The first kappa shape index (κ1) is 22.4. The average molecular weight is 432 g/mol. The van der Waals surface area contributed by atoms with Crippen LogP contribution in [0.4, 0.5) is 4.79 Å². The molecule has 2 aromatic rings. The van der Waals surface area contributed by atoms with Crippen LogP contribution in [-0.4, -0.2) is 64.6 Å². The standard InChI is InChI=1S/C21H33N5O3Si/c1-7-28-20(27)26-14-18(29-30(5,6)21(2,3)4)11-17(26)13-25-15-19(23-24-25)16-9-8-10-22-12-16/h8-10,12,15,17-18H,7,11,13-14H2,1-6H3/t17-,18-/m1/s1. The summed E-state index contributed by atoms with van der Waals surface area (Å²) in [5, 5.41) is 8.64. The van der Waals surface area contributed by atoms with Crippen LogP contribution in [0.3, 0.4) is 0 Å². The number of hydrogen-bond acceptors (Lipinski definition) is 6. The molecule has 2 aromatic heterocycles. The number of amides is 1. The van der Waals surface area contributed by atoms with Crippen LogP contribution in [0.5, 0.6) is 0 Å². The Morgan fingerprint density at radius 2 is 2.10 bits per heavy atom. The van der Waals surface area contributed by atoms with E-state index < -0.39 is 8.32 Å². The monoisotopic (exact) mass is 431 g/mol. The Hall–Kier alpha value is -2.26. The topological polar surface area (TPSA) is 82.4 Å². The second kappa shape index (κ2) is 8.85. The summed E-state index contributed by atoms with van der Waals surface area (Å²) >= 11 is 0. The molecule has 8 nitrogen and oxygen atoms in total. The average Bonchev–Trinajstić information content (AvgIpc) is 3.29. The smallest absolute Gasteiger partial charge is 0.410 e. The lowest BCUT2D eigenvalue weighted by Crippen LogP contribution is -2.45. The molecule has 1 fully saturated rings. The van der Waals surface area contributed by atoms with Crippen LogP contribution in [0.1, 0.15) is 34.1 Å². The molecule has 164 valence electrons. The first-order chi connectivity index (χ1) is 14.1. The first-order valence-electron chi connectivity index (χ1n) is 10.5. The van der Waals surface area contributed by atoms with Gasteiger partial charge >= 0.3 is 6.09 Å². The third kappa shape index (κ3) is 5.07. The number of rotatable bonds is 6. The van der Waals surface area contributed by atoms with E-state index in [1.54, 1.807) is 22.0 Å². The van der Waals surface area contributed by atoms with Crippen molar-refractivity contribution < 1.29 is 14.0 Å². The molecule has 9 heteroatoms. The van der Waals surface area contributed by atoms with E-state index in [4.69, 9.17) is 9.16 Å². The van der Waals surface area contributed by atoms with Gasteiger partial charge in [-0.05, 0) is 43.6 Å². The lowest BCUT2D eigenvalue weighted by Gasteiger charge is -2.38. The Morgan fingerprint density at radius 3 is 2.73 bits per heavy atom. The van der Waals surface area contributed by atoms with Crippen molar-refractivity contribution in [2.45, 2.75) is 70.9 Å². The molecule has 0 radical (unpaired) electrons. The normalized spacial score (nSPS) is 19.9. The van der Waals surface area contributed by atoms with Gasteiger partial charge in [-0.25, -0.2) is 9.48 Å². The molecule has 0 saturated carbocycles. The van der Waals surface area contributed by atoms with E-state index in [1.165, 1.54) is 0 Å². The van der Waals surface area contributed by atoms with Crippen molar-refractivity contribution in [2.75, 3.05) is 13.2 Å². The van der Waals surface area contributed by atoms with E-state index in [9.17, 15) is 4.79 Å². The van der Waals surface area contributed by atoms with Crippen molar-refractivity contribution in [1.82, 2.24) is 24.9 Å². The Labute approximate surface area is 179 Å². The molecule has 0 unspecified atom stereocenters. The minimum absolute atomic E-state index is 0.00149. The quantitative estimate of drug-likeness (QED) is 0.644. The van der Waals surface area contributed by atoms with E-state index in [-0.39, 0.29) is 23.3 Å². The highest BCUT2D eigenvalue weighted by Crippen LogP contribution is 2.39. The number of aromatic nitrogens is 4. The fraction of sp³-hybridized carbons (Fsp3) is 0.619. The van der Waals surface area contributed by atoms with Gasteiger partial charge in [-0.3, -0.25) is 4.98 Å². The predicted molar refractivity (Wildman–Crippen MR) is 117 cm³/mol. The maximum atomic E-state index is 12.6. The van der Waals surface area contributed by atoms with Crippen LogP contribution in [0, 0.1) is 0 Å². The zero-order valence-corrected chi connectivity index (χ0v) is 19.8. The number of hydrogen-bond donors (Lipinski definition) is 0. The van der Waals surface area contributed by atoms with Gasteiger partial charge in [-0.2, -0.15) is 0 Å². The first-order valence-corrected chi connectivity index (χ1v) is 13.4. The highest BCUT2D eigenvalue weighted by atomic mass is 28.4. The largest absolute Gasteiger partial charge is 0.450 e. The summed E-state index contributed by atoms with van der Waals surface area (Å²) in [7, 11) is -1.93. The molecule has 2 atom stereocenters. The van der Waals surface area contributed by atoms with Gasteiger partial charge in [0, 0.05) is 24.5 Å². The highest BCUT2D eigenvalue weighted by Gasteiger charge is 2.44. The predicted octanol–water partition coefficient (Wildman–Crippen LogP) is 3.96. The number of ether oxygens (including phenoxy) is 1. The molecule has 3 heterocycles. The fourth-order valence-electron chi connectivity index (χ4n) is 3.41. The summed E-state index contributed by atoms with van der Waals surface area (Å²) in [5.41, 5.74) is 1.68. The zero-order chi connectivity index (χ0) is 21.9. The van der Waals surface area contributed by atoms with E-state index >= 15 is 0 Å². The van der Waals surface area contributed by atoms with Crippen molar-refractivity contribution in [3.63, 3.8) is 0 Å². The molecule has 1 saturated heterocycles. The maximum Gasteiger partial charge on any atom is 0.410 e. The van der Waals surface area contributed by atoms with E-state index in [1.807, 2.05) is 25.3 Å². The van der Waals surface area contributed by atoms with Crippen molar-refractivity contribution in [3.8, 4) is 11.3 Å². The summed E-state index contributed by atoms with van der Waals surface area (Å²) in [4.78, 5) is 18.5. The van der Waals surface area contributed by atoms with Crippen LogP contribution < -0.4 is 0 Å². The Bertz CT molecular complexity index is 850. The molecule has 30 heavy (non-hydrogen) atoms. The molecule has 0 aliphatic carbocycles. The number of pyridine rings is 1. The molecule has 0 N–H and O–H groups in total. The summed E-state index contributed by atoms with van der Waals surface area (Å²) < 4.78 is 13.7. The van der Waals surface area contributed by atoms with Gasteiger partial charge < -0.3 is 14.1 Å².